The van der Waals surface area contributed by atoms with Crippen molar-refractivity contribution >= 4 is 22.5 Å². The summed E-state index contributed by atoms with van der Waals surface area (Å²) in [5.41, 5.74) is 1.79. The van der Waals surface area contributed by atoms with Gasteiger partial charge in [0.25, 0.3) is 5.24 Å². The van der Waals surface area contributed by atoms with Crippen molar-refractivity contribution in [1.29, 1.82) is 0 Å². The Morgan fingerprint density at radius 3 is 1.85 bits per heavy atom. The van der Waals surface area contributed by atoms with Crippen molar-refractivity contribution in [1.82, 2.24) is 0 Å². The summed E-state index contributed by atoms with van der Waals surface area (Å²) in [7, 11) is 0. The summed E-state index contributed by atoms with van der Waals surface area (Å²) in [6.07, 6.45) is 15.1. The van der Waals surface area contributed by atoms with E-state index in [2.05, 4.69) is 6.92 Å². The number of hydrogen-bond acceptors (Lipinski definition) is 4. The second-order valence-corrected chi connectivity index (χ2v) is 8.87. The van der Waals surface area contributed by atoms with Crippen molar-refractivity contribution < 1.29 is 14.5 Å². The third-order valence-electron chi connectivity index (χ3n) is 5.86. The SMILES string of the molecule is CCCCCCCCCCCCCCOc1ccc(-c2ccc(C(=O)Cl)cc2)cc1[N+](=O)[O-]. The normalized spacial score (nSPS) is 10.8. The summed E-state index contributed by atoms with van der Waals surface area (Å²) < 4.78 is 5.73. The number of nitrogens with zero attached hydrogens (tertiary/aromatic N) is 1. The molecule has 0 aliphatic carbocycles. The first kappa shape index (κ1) is 26.8. The highest BCUT2D eigenvalue weighted by atomic mass is 35.5. The molecule has 180 valence electrons. The van der Waals surface area contributed by atoms with Crippen LogP contribution >= 0.6 is 11.6 Å². The van der Waals surface area contributed by atoms with Crippen LogP contribution in [0.1, 0.15) is 94.3 Å². The maximum absolute atomic E-state index is 11.5. The molecule has 0 bridgehead atoms. The summed E-state index contributed by atoms with van der Waals surface area (Å²) in [5, 5.41) is 11.0. The van der Waals surface area contributed by atoms with Crippen LogP contribution in [0.2, 0.25) is 0 Å². The molecular formula is C27H36ClNO4. The Labute approximate surface area is 202 Å². The second-order valence-electron chi connectivity index (χ2n) is 8.53. The largest absolute Gasteiger partial charge is 0.487 e. The van der Waals surface area contributed by atoms with Crippen molar-refractivity contribution in [2.24, 2.45) is 0 Å². The van der Waals surface area contributed by atoms with Crippen LogP contribution in [0.5, 0.6) is 5.75 Å². The molecule has 0 unspecified atom stereocenters. The molecule has 2 rings (SSSR count). The van der Waals surface area contributed by atoms with E-state index in [9.17, 15) is 14.9 Å². The zero-order valence-electron chi connectivity index (χ0n) is 19.7. The van der Waals surface area contributed by atoms with Crippen molar-refractivity contribution in [2.45, 2.75) is 84.0 Å². The van der Waals surface area contributed by atoms with E-state index in [0.29, 0.717) is 23.5 Å². The Balaban J connectivity index is 1.71. The molecule has 0 atom stereocenters. The van der Waals surface area contributed by atoms with E-state index in [4.69, 9.17) is 16.3 Å². The minimum Gasteiger partial charge on any atom is -0.487 e. The number of carbonyl (C=O) groups excluding carboxylic acids is 1. The highest BCUT2D eigenvalue weighted by Crippen LogP contribution is 2.32. The van der Waals surface area contributed by atoms with Gasteiger partial charge in [0.1, 0.15) is 0 Å². The smallest absolute Gasteiger partial charge is 0.311 e. The van der Waals surface area contributed by atoms with Crippen LogP contribution in [0.3, 0.4) is 0 Å². The minimum atomic E-state index is -0.533. The van der Waals surface area contributed by atoms with Crippen molar-refractivity contribution in [3.8, 4) is 16.9 Å². The van der Waals surface area contributed by atoms with E-state index >= 15 is 0 Å². The van der Waals surface area contributed by atoms with Crippen LogP contribution in [0, 0.1) is 10.1 Å². The zero-order valence-corrected chi connectivity index (χ0v) is 20.4. The molecule has 0 aliphatic rings. The first-order valence-corrected chi connectivity index (χ1v) is 12.6. The molecule has 0 saturated heterocycles. The van der Waals surface area contributed by atoms with Crippen molar-refractivity contribution in [3.63, 3.8) is 0 Å². The van der Waals surface area contributed by atoms with Gasteiger partial charge in [-0.3, -0.25) is 14.9 Å². The van der Waals surface area contributed by atoms with Gasteiger partial charge in [0.05, 0.1) is 11.5 Å². The van der Waals surface area contributed by atoms with Gasteiger partial charge in [-0.15, -0.1) is 0 Å². The van der Waals surface area contributed by atoms with Crippen LogP contribution in [-0.2, 0) is 0 Å². The lowest BCUT2D eigenvalue weighted by Crippen LogP contribution is -2.01. The van der Waals surface area contributed by atoms with Crippen LogP contribution in [-0.4, -0.2) is 16.8 Å². The summed E-state index contributed by atoms with van der Waals surface area (Å²) in [4.78, 5) is 22.3. The van der Waals surface area contributed by atoms with Gasteiger partial charge >= 0.3 is 5.69 Å². The first-order valence-electron chi connectivity index (χ1n) is 12.2. The molecule has 5 nitrogen and oxygen atoms in total. The van der Waals surface area contributed by atoms with Gasteiger partial charge < -0.3 is 4.74 Å². The molecule has 2 aromatic rings. The number of nitro benzene ring substituents is 1. The average Bonchev–Trinajstić information content (AvgIpc) is 2.82. The number of ether oxygens (including phenoxy) is 1. The van der Waals surface area contributed by atoms with E-state index in [1.807, 2.05) is 0 Å². The predicted molar refractivity (Wildman–Crippen MR) is 135 cm³/mol. The van der Waals surface area contributed by atoms with Crippen LogP contribution in [0.4, 0.5) is 5.69 Å². The van der Waals surface area contributed by atoms with Gasteiger partial charge in [-0.05, 0) is 47.3 Å². The third-order valence-corrected chi connectivity index (χ3v) is 6.07. The fourth-order valence-corrected chi connectivity index (χ4v) is 4.01. The minimum absolute atomic E-state index is 0.0519. The maximum atomic E-state index is 11.5. The molecule has 0 radical (unpaired) electrons. The third kappa shape index (κ3) is 9.95. The Hall–Kier alpha value is -2.40. The fourth-order valence-electron chi connectivity index (χ4n) is 3.88. The monoisotopic (exact) mass is 473 g/mol. The summed E-state index contributed by atoms with van der Waals surface area (Å²) in [5.74, 6) is 0.291. The lowest BCUT2D eigenvalue weighted by Gasteiger charge is -2.09. The standard InChI is InChI=1S/C27H36ClNO4/c1-2-3-4-5-6-7-8-9-10-11-12-13-20-33-26-19-18-24(21-25(26)29(31)32)22-14-16-23(17-15-22)27(28)30/h14-19,21H,2-13,20H2,1H3. The first-order chi connectivity index (χ1) is 16.0. The van der Waals surface area contributed by atoms with Crippen molar-refractivity contribution in [2.75, 3.05) is 6.61 Å². The fraction of sp³-hybridized carbons (Fsp3) is 0.519. The van der Waals surface area contributed by atoms with E-state index in [-0.39, 0.29) is 5.69 Å². The van der Waals surface area contributed by atoms with Crippen molar-refractivity contribution in [3.05, 3.63) is 58.1 Å². The number of carbonyl (C=O) groups is 1. The van der Waals surface area contributed by atoms with Gasteiger partial charge in [-0.25, -0.2) is 0 Å². The highest BCUT2D eigenvalue weighted by molar-refractivity contribution is 6.67. The maximum Gasteiger partial charge on any atom is 0.311 e. The number of unbranched alkanes of at least 4 members (excludes halogenated alkanes) is 11. The van der Waals surface area contributed by atoms with Gasteiger partial charge in [0.2, 0.25) is 0 Å². The van der Waals surface area contributed by atoms with E-state index in [1.165, 1.54) is 70.3 Å². The molecule has 0 aliphatic heterocycles. The molecule has 0 amide bonds. The molecule has 0 aromatic heterocycles. The van der Waals surface area contributed by atoms with E-state index < -0.39 is 10.2 Å². The summed E-state index contributed by atoms with van der Waals surface area (Å²) in [6.45, 7) is 2.72. The predicted octanol–water partition coefficient (Wildman–Crippen LogP) is 8.72. The second kappa shape index (κ2) is 15.4. The Morgan fingerprint density at radius 2 is 1.33 bits per heavy atom. The Kier molecular flexibility index (Phi) is 12.6. The number of hydrogen-bond donors (Lipinski definition) is 0. The lowest BCUT2D eigenvalue weighted by atomic mass is 10.0. The topological polar surface area (TPSA) is 69.4 Å². The molecular weight excluding hydrogens is 438 g/mol. The van der Waals surface area contributed by atoms with Crippen LogP contribution in [0.15, 0.2) is 42.5 Å². The number of rotatable bonds is 17. The molecule has 0 spiro atoms. The Bertz CT molecular complexity index is 867. The molecule has 0 heterocycles. The summed E-state index contributed by atoms with van der Waals surface area (Å²) in [6, 6.07) is 11.6. The number of benzene rings is 2. The Morgan fingerprint density at radius 1 is 0.818 bits per heavy atom. The van der Waals surface area contributed by atoms with Gasteiger partial charge in [0, 0.05) is 11.6 Å². The van der Waals surface area contributed by atoms with Gasteiger partial charge in [-0.2, -0.15) is 0 Å². The lowest BCUT2D eigenvalue weighted by molar-refractivity contribution is -0.385. The van der Waals surface area contributed by atoms with Gasteiger partial charge in [0.15, 0.2) is 5.75 Å². The molecule has 0 saturated carbocycles. The number of nitro groups is 1. The van der Waals surface area contributed by atoms with Crippen LogP contribution < -0.4 is 4.74 Å². The van der Waals surface area contributed by atoms with Gasteiger partial charge in [-0.1, -0.05) is 95.8 Å². The zero-order chi connectivity index (χ0) is 23.9. The van der Waals surface area contributed by atoms with E-state index in [0.717, 1.165) is 18.4 Å². The van der Waals surface area contributed by atoms with E-state index in [1.54, 1.807) is 36.4 Å². The molecule has 6 heteroatoms. The molecule has 0 fully saturated rings. The molecule has 33 heavy (non-hydrogen) atoms. The number of halogens is 1. The quantitative estimate of drug-likeness (QED) is 0.0996. The summed E-state index contributed by atoms with van der Waals surface area (Å²) >= 11 is 5.47. The molecule has 2 aromatic carbocycles. The highest BCUT2D eigenvalue weighted by Gasteiger charge is 2.17. The average molecular weight is 474 g/mol. The molecule has 0 N–H and O–H groups in total. The van der Waals surface area contributed by atoms with Crippen LogP contribution in [0.25, 0.3) is 11.1 Å².